The molecule has 1 saturated heterocycles. The topological polar surface area (TPSA) is 15.3 Å². The molecule has 0 radical (unpaired) electrons. The van der Waals surface area contributed by atoms with Crippen molar-refractivity contribution in [2.75, 3.05) is 20.1 Å². The fourth-order valence-electron chi connectivity index (χ4n) is 2.42. The third-order valence-corrected chi connectivity index (χ3v) is 3.64. The lowest BCUT2D eigenvalue weighted by molar-refractivity contribution is 0.242. The van der Waals surface area contributed by atoms with Gasteiger partial charge in [0.05, 0.1) is 0 Å². The Morgan fingerprint density at radius 1 is 1.44 bits per heavy atom. The van der Waals surface area contributed by atoms with Crippen molar-refractivity contribution in [3.05, 3.63) is 34.9 Å². The first-order valence-corrected chi connectivity index (χ1v) is 6.31. The predicted molar refractivity (Wildman–Crippen MR) is 68.8 cm³/mol. The van der Waals surface area contributed by atoms with Gasteiger partial charge in [-0.05, 0) is 38.1 Å². The molecule has 1 aromatic rings. The van der Waals surface area contributed by atoms with Gasteiger partial charge in [0.25, 0.3) is 0 Å². The van der Waals surface area contributed by atoms with Crippen LogP contribution in [0.25, 0.3) is 0 Å². The molecule has 0 aliphatic carbocycles. The second-order valence-electron chi connectivity index (χ2n) is 4.42. The fourth-order valence-corrected chi connectivity index (χ4v) is 2.61. The lowest BCUT2D eigenvalue weighted by Gasteiger charge is -2.24. The zero-order valence-electron chi connectivity index (χ0n) is 9.75. The molecule has 88 valence electrons. The first-order chi connectivity index (χ1) is 7.81. The fraction of sp³-hybridized carbons (Fsp3) is 0.538. The number of hydrogen-bond donors (Lipinski definition) is 1. The van der Waals surface area contributed by atoms with Gasteiger partial charge in [0.15, 0.2) is 0 Å². The van der Waals surface area contributed by atoms with Crippen molar-refractivity contribution in [3.8, 4) is 0 Å². The number of hydrogen-bond acceptors (Lipinski definition) is 2. The van der Waals surface area contributed by atoms with E-state index in [-0.39, 0.29) is 0 Å². The van der Waals surface area contributed by atoms with Crippen LogP contribution in [-0.2, 0) is 6.54 Å². The standard InChI is InChI=1S/C13H19ClN2/c1-15-9-12-6-4-8-16(12)10-11-5-2-3-7-13(11)14/h2-3,5,7,12,15H,4,6,8-10H2,1H3. The van der Waals surface area contributed by atoms with Gasteiger partial charge in [0.2, 0.25) is 0 Å². The van der Waals surface area contributed by atoms with E-state index in [4.69, 9.17) is 11.6 Å². The van der Waals surface area contributed by atoms with E-state index in [0.29, 0.717) is 6.04 Å². The van der Waals surface area contributed by atoms with Crippen molar-refractivity contribution in [3.63, 3.8) is 0 Å². The van der Waals surface area contributed by atoms with Crippen molar-refractivity contribution in [2.45, 2.75) is 25.4 Å². The second kappa shape index (κ2) is 5.67. The molecule has 1 unspecified atom stereocenters. The minimum absolute atomic E-state index is 0.668. The van der Waals surface area contributed by atoms with Crippen molar-refractivity contribution >= 4 is 11.6 Å². The van der Waals surface area contributed by atoms with E-state index in [1.165, 1.54) is 24.9 Å². The van der Waals surface area contributed by atoms with E-state index in [9.17, 15) is 0 Å². The average Bonchev–Trinajstić information content (AvgIpc) is 2.70. The number of nitrogens with zero attached hydrogens (tertiary/aromatic N) is 1. The van der Waals surface area contributed by atoms with Crippen LogP contribution in [0.3, 0.4) is 0 Å². The first-order valence-electron chi connectivity index (χ1n) is 5.93. The molecule has 0 amide bonds. The molecule has 16 heavy (non-hydrogen) atoms. The minimum atomic E-state index is 0.668. The van der Waals surface area contributed by atoms with Gasteiger partial charge in [0, 0.05) is 24.2 Å². The molecule has 1 aliphatic heterocycles. The maximum Gasteiger partial charge on any atom is 0.0451 e. The maximum atomic E-state index is 6.19. The zero-order valence-corrected chi connectivity index (χ0v) is 10.5. The number of benzene rings is 1. The summed E-state index contributed by atoms with van der Waals surface area (Å²) in [7, 11) is 2.02. The molecule has 1 aliphatic rings. The highest BCUT2D eigenvalue weighted by Gasteiger charge is 2.23. The van der Waals surface area contributed by atoms with E-state index in [1.807, 2.05) is 19.2 Å². The number of rotatable bonds is 4. The second-order valence-corrected chi connectivity index (χ2v) is 4.82. The van der Waals surface area contributed by atoms with Crippen LogP contribution in [0.1, 0.15) is 18.4 Å². The smallest absolute Gasteiger partial charge is 0.0451 e. The Kier molecular flexibility index (Phi) is 4.22. The molecule has 0 spiro atoms. The Bertz CT molecular complexity index is 340. The van der Waals surface area contributed by atoms with Crippen molar-refractivity contribution in [2.24, 2.45) is 0 Å². The van der Waals surface area contributed by atoms with E-state index >= 15 is 0 Å². The highest BCUT2D eigenvalue weighted by molar-refractivity contribution is 6.31. The van der Waals surface area contributed by atoms with Crippen LogP contribution in [0.5, 0.6) is 0 Å². The summed E-state index contributed by atoms with van der Waals surface area (Å²) in [5.74, 6) is 0. The summed E-state index contributed by atoms with van der Waals surface area (Å²) in [4.78, 5) is 2.53. The number of likely N-dealkylation sites (N-methyl/N-ethyl adjacent to an activating group) is 1. The molecule has 1 atom stereocenters. The maximum absolute atomic E-state index is 6.19. The minimum Gasteiger partial charge on any atom is -0.318 e. The monoisotopic (exact) mass is 238 g/mol. The van der Waals surface area contributed by atoms with E-state index in [0.717, 1.165) is 18.1 Å². The van der Waals surface area contributed by atoms with Gasteiger partial charge in [-0.1, -0.05) is 29.8 Å². The largest absolute Gasteiger partial charge is 0.318 e. The normalized spacial score (nSPS) is 21.5. The Morgan fingerprint density at radius 3 is 3.00 bits per heavy atom. The van der Waals surface area contributed by atoms with Crippen molar-refractivity contribution in [1.82, 2.24) is 10.2 Å². The quantitative estimate of drug-likeness (QED) is 0.867. The zero-order chi connectivity index (χ0) is 11.4. The van der Waals surface area contributed by atoms with Crippen LogP contribution in [0.15, 0.2) is 24.3 Å². The van der Waals surface area contributed by atoms with Gasteiger partial charge in [-0.15, -0.1) is 0 Å². The third-order valence-electron chi connectivity index (χ3n) is 3.27. The van der Waals surface area contributed by atoms with Crippen LogP contribution < -0.4 is 5.32 Å². The molecule has 2 rings (SSSR count). The van der Waals surface area contributed by atoms with Gasteiger partial charge in [0.1, 0.15) is 0 Å². The molecule has 0 saturated carbocycles. The molecule has 1 N–H and O–H groups in total. The summed E-state index contributed by atoms with van der Waals surface area (Å²) < 4.78 is 0. The highest BCUT2D eigenvalue weighted by Crippen LogP contribution is 2.23. The molecule has 0 aromatic heterocycles. The first kappa shape index (κ1) is 11.9. The number of nitrogens with one attached hydrogen (secondary N) is 1. The van der Waals surface area contributed by atoms with Crippen LogP contribution in [-0.4, -0.2) is 31.1 Å². The Balaban J connectivity index is 2.01. The molecule has 1 aromatic carbocycles. The SMILES string of the molecule is CNCC1CCCN1Cc1ccccc1Cl. The lowest BCUT2D eigenvalue weighted by Crippen LogP contribution is -2.36. The van der Waals surface area contributed by atoms with Gasteiger partial charge >= 0.3 is 0 Å². The van der Waals surface area contributed by atoms with E-state index < -0.39 is 0 Å². The Hall–Kier alpha value is -0.570. The molecule has 0 bridgehead atoms. The summed E-state index contributed by atoms with van der Waals surface area (Å²) in [6, 6.07) is 8.81. The van der Waals surface area contributed by atoms with Crippen molar-refractivity contribution in [1.29, 1.82) is 0 Å². The third kappa shape index (κ3) is 2.76. The van der Waals surface area contributed by atoms with E-state index in [2.05, 4.69) is 22.3 Å². The van der Waals surface area contributed by atoms with Gasteiger partial charge in [-0.2, -0.15) is 0 Å². The predicted octanol–water partition coefficient (Wildman–Crippen LogP) is 2.52. The summed E-state index contributed by atoms with van der Waals surface area (Å²) >= 11 is 6.19. The molecule has 1 heterocycles. The van der Waals surface area contributed by atoms with Crippen LogP contribution >= 0.6 is 11.6 Å². The molecular weight excluding hydrogens is 220 g/mol. The number of likely N-dealkylation sites (tertiary alicyclic amines) is 1. The average molecular weight is 239 g/mol. The van der Waals surface area contributed by atoms with Gasteiger partial charge in [-0.3, -0.25) is 4.90 Å². The Labute approximate surface area is 103 Å². The molecular formula is C13H19ClN2. The lowest BCUT2D eigenvalue weighted by atomic mass is 10.2. The summed E-state index contributed by atoms with van der Waals surface area (Å²) in [5.41, 5.74) is 1.24. The Morgan fingerprint density at radius 2 is 2.25 bits per heavy atom. The summed E-state index contributed by atoms with van der Waals surface area (Å²) in [6.45, 7) is 3.24. The van der Waals surface area contributed by atoms with Gasteiger partial charge < -0.3 is 5.32 Å². The van der Waals surface area contributed by atoms with E-state index in [1.54, 1.807) is 0 Å². The highest BCUT2D eigenvalue weighted by atomic mass is 35.5. The summed E-state index contributed by atoms with van der Waals surface area (Å²) in [5, 5.41) is 4.15. The van der Waals surface area contributed by atoms with Crippen LogP contribution in [0.4, 0.5) is 0 Å². The van der Waals surface area contributed by atoms with Crippen molar-refractivity contribution < 1.29 is 0 Å². The van der Waals surface area contributed by atoms with Gasteiger partial charge in [-0.25, -0.2) is 0 Å². The number of halogens is 1. The molecule has 3 heteroatoms. The molecule has 2 nitrogen and oxygen atoms in total. The van der Waals surface area contributed by atoms with Crippen LogP contribution in [0.2, 0.25) is 5.02 Å². The van der Waals surface area contributed by atoms with Crippen LogP contribution in [0, 0.1) is 0 Å². The molecule has 1 fully saturated rings. The summed E-state index contributed by atoms with van der Waals surface area (Å²) in [6.07, 6.45) is 2.60.